The molecule has 0 amide bonds. The molecule has 0 aliphatic rings. The van der Waals surface area contributed by atoms with E-state index in [1.54, 1.807) is 0 Å². The number of nitro groups is 1. The van der Waals surface area contributed by atoms with Gasteiger partial charge in [0.1, 0.15) is 0 Å². The lowest BCUT2D eigenvalue weighted by atomic mass is 10.3. The minimum Gasteiger partial charge on any atom is -0.477 e. The molecule has 1 N–H and O–H groups in total. The Morgan fingerprint density at radius 1 is 1.44 bits per heavy atom. The summed E-state index contributed by atoms with van der Waals surface area (Å²) in [6.45, 7) is 1.27. The number of nitrogens with zero attached hydrogens (tertiary/aromatic N) is 2. The van der Waals surface area contributed by atoms with Crippen molar-refractivity contribution >= 4 is 17.4 Å². The monoisotopic (exact) mass is 224 g/mol. The summed E-state index contributed by atoms with van der Waals surface area (Å²) in [5.74, 6) is -0.965. The van der Waals surface area contributed by atoms with Gasteiger partial charge < -0.3 is 9.94 Å². The third-order valence-corrected chi connectivity index (χ3v) is 1.65. The van der Waals surface area contributed by atoms with Gasteiger partial charge >= 0.3 is 5.97 Å². The number of benzene rings is 1. The van der Waals surface area contributed by atoms with Crippen LogP contribution in [0.1, 0.15) is 6.92 Å². The fourth-order valence-electron chi connectivity index (χ4n) is 0.789. The van der Waals surface area contributed by atoms with Crippen molar-refractivity contribution in [2.75, 3.05) is 0 Å². The zero-order chi connectivity index (χ0) is 12.1. The summed E-state index contributed by atoms with van der Waals surface area (Å²) >= 11 is 0. The fourth-order valence-corrected chi connectivity index (χ4v) is 0.789. The molecule has 1 aromatic rings. The number of carbonyl (C=O) groups is 1. The van der Waals surface area contributed by atoms with E-state index in [9.17, 15) is 14.9 Å². The van der Waals surface area contributed by atoms with Gasteiger partial charge in [0.25, 0.3) is 5.69 Å². The Morgan fingerprint density at radius 2 is 2.00 bits per heavy atom. The van der Waals surface area contributed by atoms with E-state index in [1.807, 2.05) is 0 Å². The zero-order valence-corrected chi connectivity index (χ0v) is 8.28. The number of aliphatic carboxylic acids is 1. The minimum atomic E-state index is -1.19. The summed E-state index contributed by atoms with van der Waals surface area (Å²) in [6.07, 6.45) is 0. The third-order valence-electron chi connectivity index (χ3n) is 1.65. The third kappa shape index (κ3) is 3.05. The second-order valence-corrected chi connectivity index (χ2v) is 2.82. The smallest absolute Gasteiger partial charge is 0.353 e. The Bertz CT molecular complexity index is 438. The van der Waals surface area contributed by atoms with E-state index >= 15 is 0 Å². The topological polar surface area (TPSA) is 102 Å². The lowest BCUT2D eigenvalue weighted by Crippen LogP contribution is -2.09. The van der Waals surface area contributed by atoms with Crippen LogP contribution in [0.15, 0.2) is 29.4 Å². The van der Waals surface area contributed by atoms with Crippen molar-refractivity contribution < 1.29 is 19.7 Å². The zero-order valence-electron chi connectivity index (χ0n) is 8.28. The molecule has 0 aliphatic carbocycles. The van der Waals surface area contributed by atoms with Crippen molar-refractivity contribution in [3.63, 3.8) is 0 Å². The second kappa shape index (κ2) is 4.87. The molecule has 0 saturated heterocycles. The van der Waals surface area contributed by atoms with Gasteiger partial charge in [0.15, 0.2) is 11.5 Å². The minimum absolute atomic E-state index is 0.0775. The highest BCUT2D eigenvalue weighted by molar-refractivity contribution is 6.34. The van der Waals surface area contributed by atoms with E-state index in [2.05, 4.69) is 5.16 Å². The molecule has 1 aromatic carbocycles. The average Bonchev–Trinajstić information content (AvgIpc) is 2.26. The van der Waals surface area contributed by atoms with Gasteiger partial charge in [0.05, 0.1) is 4.92 Å². The van der Waals surface area contributed by atoms with E-state index in [-0.39, 0.29) is 17.1 Å². The van der Waals surface area contributed by atoms with Crippen LogP contribution in [0.2, 0.25) is 0 Å². The predicted molar refractivity (Wildman–Crippen MR) is 54.5 cm³/mol. The van der Waals surface area contributed by atoms with Crippen molar-refractivity contribution in [1.29, 1.82) is 0 Å². The van der Waals surface area contributed by atoms with E-state index < -0.39 is 10.9 Å². The molecule has 0 fully saturated rings. The first kappa shape index (κ1) is 11.6. The van der Waals surface area contributed by atoms with Crippen LogP contribution >= 0.6 is 0 Å². The van der Waals surface area contributed by atoms with E-state index in [4.69, 9.17) is 9.94 Å². The number of hydrogen-bond donors (Lipinski definition) is 1. The van der Waals surface area contributed by atoms with Crippen molar-refractivity contribution in [1.82, 2.24) is 0 Å². The molecule has 0 atom stereocenters. The lowest BCUT2D eigenvalue weighted by Gasteiger charge is -1.98. The van der Waals surface area contributed by atoms with Crippen LogP contribution in [0.5, 0.6) is 5.75 Å². The average molecular weight is 224 g/mol. The van der Waals surface area contributed by atoms with Crippen molar-refractivity contribution in [2.24, 2.45) is 5.16 Å². The van der Waals surface area contributed by atoms with Crippen molar-refractivity contribution in [3.8, 4) is 5.75 Å². The lowest BCUT2D eigenvalue weighted by molar-refractivity contribution is -0.384. The van der Waals surface area contributed by atoms with Gasteiger partial charge in [-0.2, -0.15) is 0 Å². The standard InChI is InChI=1S/C9H8N2O5/c1-6(9(12)13)10-16-8-4-2-7(3-5-8)11(14)15/h2-5H,1H3,(H,12,13). The normalized spacial score (nSPS) is 10.9. The van der Waals surface area contributed by atoms with Crippen LogP contribution in [0.25, 0.3) is 0 Å². The second-order valence-electron chi connectivity index (χ2n) is 2.82. The molecule has 7 nitrogen and oxygen atoms in total. The predicted octanol–water partition coefficient (Wildman–Crippen LogP) is 1.43. The van der Waals surface area contributed by atoms with E-state index in [0.717, 1.165) is 0 Å². The SMILES string of the molecule is CC(=NOc1ccc([N+](=O)[O-])cc1)C(=O)O. The molecule has 0 aromatic heterocycles. The number of hydrogen-bond acceptors (Lipinski definition) is 5. The Labute approximate surface area is 90.1 Å². The number of non-ortho nitro benzene ring substituents is 1. The first-order valence-electron chi connectivity index (χ1n) is 4.20. The van der Waals surface area contributed by atoms with Crippen LogP contribution < -0.4 is 4.84 Å². The van der Waals surface area contributed by atoms with E-state index in [0.29, 0.717) is 0 Å². The first-order valence-corrected chi connectivity index (χ1v) is 4.20. The van der Waals surface area contributed by atoms with E-state index in [1.165, 1.54) is 31.2 Å². The van der Waals surface area contributed by atoms with Crippen molar-refractivity contribution in [3.05, 3.63) is 34.4 Å². The van der Waals surface area contributed by atoms with Gasteiger partial charge in [-0.3, -0.25) is 10.1 Å². The molecular formula is C9H8N2O5. The molecule has 0 saturated carbocycles. The summed E-state index contributed by atoms with van der Waals surface area (Å²) < 4.78 is 0. The summed E-state index contributed by atoms with van der Waals surface area (Å²) in [5, 5.41) is 22.1. The van der Waals surface area contributed by atoms with Gasteiger partial charge in [-0.05, 0) is 19.1 Å². The maximum atomic E-state index is 10.4. The molecule has 0 spiro atoms. The highest BCUT2D eigenvalue weighted by Crippen LogP contribution is 2.17. The largest absolute Gasteiger partial charge is 0.477 e. The van der Waals surface area contributed by atoms with Gasteiger partial charge in [-0.25, -0.2) is 4.79 Å². The summed E-state index contributed by atoms with van der Waals surface area (Å²) in [4.78, 5) is 24.9. The maximum absolute atomic E-state index is 10.4. The Hall–Kier alpha value is -2.44. The Kier molecular flexibility index (Phi) is 3.54. The molecule has 0 bridgehead atoms. The van der Waals surface area contributed by atoms with Crippen LogP contribution in [-0.2, 0) is 4.79 Å². The van der Waals surface area contributed by atoms with Crippen LogP contribution in [0.4, 0.5) is 5.69 Å². The summed E-state index contributed by atoms with van der Waals surface area (Å²) in [6, 6.07) is 5.13. The number of carboxylic acids is 1. The van der Waals surface area contributed by atoms with Gasteiger partial charge in [0.2, 0.25) is 0 Å². The molecule has 0 radical (unpaired) electrons. The fraction of sp³-hybridized carbons (Fsp3) is 0.111. The molecule has 0 unspecified atom stereocenters. The Balaban J connectivity index is 2.73. The highest BCUT2D eigenvalue weighted by atomic mass is 16.6. The molecule has 0 aliphatic heterocycles. The van der Waals surface area contributed by atoms with Crippen LogP contribution in [0, 0.1) is 10.1 Å². The number of nitro benzene ring substituents is 1. The number of carboxylic acid groups (broad SMARTS) is 1. The summed E-state index contributed by atoms with van der Waals surface area (Å²) in [5.41, 5.74) is -0.287. The number of rotatable bonds is 4. The van der Waals surface area contributed by atoms with Crippen LogP contribution in [-0.4, -0.2) is 21.7 Å². The van der Waals surface area contributed by atoms with Gasteiger partial charge in [0, 0.05) is 12.1 Å². The molecular weight excluding hydrogens is 216 g/mol. The van der Waals surface area contributed by atoms with Gasteiger partial charge in [-0.15, -0.1) is 0 Å². The first-order chi connectivity index (χ1) is 7.50. The number of oxime groups is 1. The quantitative estimate of drug-likeness (QED) is 0.473. The van der Waals surface area contributed by atoms with Crippen molar-refractivity contribution in [2.45, 2.75) is 6.92 Å². The molecule has 0 heterocycles. The molecule has 7 heteroatoms. The van der Waals surface area contributed by atoms with Crippen LogP contribution in [0.3, 0.4) is 0 Å². The summed E-state index contributed by atoms with van der Waals surface area (Å²) in [7, 11) is 0. The maximum Gasteiger partial charge on any atom is 0.353 e. The Morgan fingerprint density at radius 3 is 2.44 bits per heavy atom. The van der Waals surface area contributed by atoms with Gasteiger partial charge in [-0.1, -0.05) is 5.16 Å². The molecule has 84 valence electrons. The molecule has 1 rings (SSSR count). The molecule has 16 heavy (non-hydrogen) atoms. The highest BCUT2D eigenvalue weighted by Gasteiger charge is 2.05.